The Balaban J connectivity index is 0.000000711. The van der Waals surface area contributed by atoms with Gasteiger partial charge in [0.1, 0.15) is 0 Å². The molecule has 0 heteroatoms. The summed E-state index contributed by atoms with van der Waals surface area (Å²) in [5.74, 6) is 0.794. The van der Waals surface area contributed by atoms with Crippen LogP contribution in [0.5, 0.6) is 0 Å². The monoisotopic (exact) mass is 262 g/mol. The SMILES string of the molecule is CCCC.CCCCCC(CCC)c1ccccc1. The molecule has 110 valence electrons. The molecule has 0 heterocycles. The van der Waals surface area contributed by atoms with Crippen molar-refractivity contribution in [3.05, 3.63) is 35.9 Å². The summed E-state index contributed by atoms with van der Waals surface area (Å²) in [4.78, 5) is 0. The summed E-state index contributed by atoms with van der Waals surface area (Å²) in [7, 11) is 0. The van der Waals surface area contributed by atoms with Crippen LogP contribution in [0.2, 0.25) is 0 Å². The Morgan fingerprint density at radius 1 is 0.684 bits per heavy atom. The normalized spacial score (nSPS) is 11.6. The topological polar surface area (TPSA) is 0 Å². The van der Waals surface area contributed by atoms with Crippen molar-refractivity contribution in [1.82, 2.24) is 0 Å². The van der Waals surface area contributed by atoms with Crippen LogP contribution in [0.4, 0.5) is 0 Å². The van der Waals surface area contributed by atoms with E-state index in [9.17, 15) is 0 Å². The summed E-state index contributed by atoms with van der Waals surface area (Å²) in [6, 6.07) is 11.0. The van der Waals surface area contributed by atoms with Crippen LogP contribution in [0, 0.1) is 0 Å². The second-order valence-corrected chi connectivity index (χ2v) is 5.39. The van der Waals surface area contributed by atoms with E-state index in [-0.39, 0.29) is 0 Å². The van der Waals surface area contributed by atoms with E-state index < -0.39 is 0 Å². The highest BCUT2D eigenvalue weighted by Crippen LogP contribution is 2.26. The van der Waals surface area contributed by atoms with Gasteiger partial charge in [-0.05, 0) is 24.3 Å². The van der Waals surface area contributed by atoms with Gasteiger partial charge in [-0.1, -0.05) is 96.6 Å². The second-order valence-electron chi connectivity index (χ2n) is 5.39. The zero-order chi connectivity index (χ0) is 14.3. The van der Waals surface area contributed by atoms with Gasteiger partial charge in [0.15, 0.2) is 0 Å². The summed E-state index contributed by atoms with van der Waals surface area (Å²) in [5, 5.41) is 0. The second kappa shape index (κ2) is 13.6. The third-order valence-electron chi connectivity index (χ3n) is 3.56. The van der Waals surface area contributed by atoms with Gasteiger partial charge in [-0.15, -0.1) is 0 Å². The molecule has 0 aliphatic heterocycles. The maximum atomic E-state index is 2.29. The highest BCUT2D eigenvalue weighted by atomic mass is 14.1. The van der Waals surface area contributed by atoms with E-state index in [1.54, 1.807) is 0 Å². The van der Waals surface area contributed by atoms with Crippen molar-refractivity contribution in [3.8, 4) is 0 Å². The zero-order valence-electron chi connectivity index (χ0n) is 13.6. The Bertz CT molecular complexity index is 261. The van der Waals surface area contributed by atoms with Crippen LogP contribution in [0.1, 0.15) is 90.5 Å². The molecule has 19 heavy (non-hydrogen) atoms. The molecule has 1 aromatic rings. The molecule has 0 aliphatic carbocycles. The van der Waals surface area contributed by atoms with Crippen LogP contribution in [0.25, 0.3) is 0 Å². The van der Waals surface area contributed by atoms with Crippen LogP contribution >= 0.6 is 0 Å². The molecule has 0 N–H and O–H groups in total. The fourth-order valence-corrected chi connectivity index (χ4v) is 2.19. The lowest BCUT2D eigenvalue weighted by atomic mass is 9.89. The number of hydrogen-bond donors (Lipinski definition) is 0. The number of unbranched alkanes of at least 4 members (excludes halogenated alkanes) is 3. The van der Waals surface area contributed by atoms with Crippen molar-refractivity contribution < 1.29 is 0 Å². The smallest absolute Gasteiger partial charge is 0.0162 e. The molecule has 0 spiro atoms. The largest absolute Gasteiger partial charge is 0.0654 e. The number of rotatable bonds is 8. The Morgan fingerprint density at radius 2 is 1.32 bits per heavy atom. The van der Waals surface area contributed by atoms with E-state index in [4.69, 9.17) is 0 Å². The van der Waals surface area contributed by atoms with Crippen molar-refractivity contribution >= 4 is 0 Å². The fourth-order valence-electron chi connectivity index (χ4n) is 2.19. The summed E-state index contributed by atoms with van der Waals surface area (Å²) in [6.07, 6.45) is 10.7. The molecule has 0 fully saturated rings. The first-order chi connectivity index (χ1) is 9.29. The van der Waals surface area contributed by atoms with Gasteiger partial charge in [-0.3, -0.25) is 0 Å². The molecule has 0 bridgehead atoms. The van der Waals surface area contributed by atoms with Gasteiger partial charge >= 0.3 is 0 Å². The maximum absolute atomic E-state index is 2.29. The van der Waals surface area contributed by atoms with Gasteiger partial charge in [0.05, 0.1) is 0 Å². The van der Waals surface area contributed by atoms with Crippen molar-refractivity contribution in [1.29, 1.82) is 0 Å². The molecule has 0 amide bonds. The standard InChI is InChI=1S/C15H24.C4H10/c1-3-5-7-11-14(10-4-2)15-12-8-6-9-13-15;1-3-4-2/h6,8-9,12-14H,3-5,7,10-11H2,1-2H3;3-4H2,1-2H3. The molecule has 0 aromatic heterocycles. The molecule has 1 unspecified atom stereocenters. The molecular weight excluding hydrogens is 228 g/mol. The van der Waals surface area contributed by atoms with E-state index in [0.717, 1.165) is 5.92 Å². The highest BCUT2D eigenvalue weighted by Gasteiger charge is 2.09. The first-order valence-corrected chi connectivity index (χ1v) is 8.34. The predicted octanol–water partition coefficient (Wildman–Crippen LogP) is 6.96. The quantitative estimate of drug-likeness (QED) is 0.444. The van der Waals surface area contributed by atoms with Crippen molar-refractivity contribution in [2.45, 2.75) is 85.0 Å². The lowest BCUT2D eigenvalue weighted by Gasteiger charge is -2.16. The number of hydrogen-bond acceptors (Lipinski definition) is 0. The molecule has 0 nitrogen and oxygen atoms in total. The van der Waals surface area contributed by atoms with Gasteiger partial charge in [0.25, 0.3) is 0 Å². The van der Waals surface area contributed by atoms with E-state index >= 15 is 0 Å². The van der Waals surface area contributed by atoms with Crippen LogP contribution < -0.4 is 0 Å². The van der Waals surface area contributed by atoms with Crippen LogP contribution in [0.3, 0.4) is 0 Å². The van der Waals surface area contributed by atoms with Gasteiger partial charge in [-0.25, -0.2) is 0 Å². The third kappa shape index (κ3) is 9.76. The lowest BCUT2D eigenvalue weighted by molar-refractivity contribution is 0.529. The molecule has 0 saturated carbocycles. The fraction of sp³-hybridized carbons (Fsp3) is 0.684. The summed E-state index contributed by atoms with van der Waals surface area (Å²) in [6.45, 7) is 8.92. The van der Waals surface area contributed by atoms with Crippen LogP contribution in [-0.4, -0.2) is 0 Å². The highest BCUT2D eigenvalue weighted by molar-refractivity contribution is 5.19. The Morgan fingerprint density at radius 3 is 1.79 bits per heavy atom. The molecule has 0 aliphatic rings. The van der Waals surface area contributed by atoms with Crippen molar-refractivity contribution in [2.24, 2.45) is 0 Å². The van der Waals surface area contributed by atoms with Gasteiger partial charge in [-0.2, -0.15) is 0 Å². The van der Waals surface area contributed by atoms with Crippen molar-refractivity contribution in [2.75, 3.05) is 0 Å². The van der Waals surface area contributed by atoms with Crippen LogP contribution in [0.15, 0.2) is 30.3 Å². The summed E-state index contributed by atoms with van der Waals surface area (Å²) >= 11 is 0. The van der Waals surface area contributed by atoms with Crippen molar-refractivity contribution in [3.63, 3.8) is 0 Å². The van der Waals surface area contributed by atoms with E-state index in [0.29, 0.717) is 0 Å². The summed E-state index contributed by atoms with van der Waals surface area (Å²) in [5.41, 5.74) is 1.54. The minimum atomic E-state index is 0.794. The maximum Gasteiger partial charge on any atom is -0.0162 e. The molecule has 1 atom stereocenters. The Labute approximate surface area is 121 Å². The first kappa shape index (κ1) is 18.2. The zero-order valence-corrected chi connectivity index (χ0v) is 13.6. The first-order valence-electron chi connectivity index (χ1n) is 8.34. The molecule has 0 radical (unpaired) electrons. The molecule has 1 rings (SSSR count). The van der Waals surface area contributed by atoms with E-state index in [1.807, 2.05) is 0 Å². The molecular formula is C19H34. The minimum absolute atomic E-state index is 0.794. The van der Waals surface area contributed by atoms with E-state index in [1.165, 1.54) is 56.9 Å². The third-order valence-corrected chi connectivity index (χ3v) is 3.56. The van der Waals surface area contributed by atoms with Gasteiger partial charge in [0.2, 0.25) is 0 Å². The molecule has 1 aromatic carbocycles. The average molecular weight is 262 g/mol. The summed E-state index contributed by atoms with van der Waals surface area (Å²) < 4.78 is 0. The molecule has 0 saturated heterocycles. The Kier molecular flexibility index (Phi) is 13.1. The average Bonchev–Trinajstić information content (AvgIpc) is 2.48. The van der Waals surface area contributed by atoms with E-state index in [2.05, 4.69) is 58.0 Å². The minimum Gasteiger partial charge on any atom is -0.0654 e. The number of benzene rings is 1. The van der Waals surface area contributed by atoms with Gasteiger partial charge < -0.3 is 0 Å². The van der Waals surface area contributed by atoms with Gasteiger partial charge in [0, 0.05) is 0 Å². The predicted molar refractivity (Wildman–Crippen MR) is 88.8 cm³/mol. The van der Waals surface area contributed by atoms with Crippen LogP contribution in [-0.2, 0) is 0 Å². The Hall–Kier alpha value is -0.780. The lowest BCUT2D eigenvalue weighted by Crippen LogP contribution is -1.98.